The Morgan fingerprint density at radius 2 is 1.54 bits per heavy atom. The second kappa shape index (κ2) is 7.90. The SMILES string of the molecule is CN1CCN(c2nc(Nc3c(F)cccc3F)cc(-c3ccccc3)n2)CC1. The standard InChI is InChI=1S/C21H21F2N5/c1-27-10-12-28(13-11-27)21-24-18(15-6-3-2-4-7-15)14-19(26-21)25-20-16(22)8-5-9-17(20)23/h2-9,14H,10-13H2,1H3,(H,24,25,26). The van der Waals surface area contributed by atoms with Gasteiger partial charge in [-0.1, -0.05) is 36.4 Å². The number of nitrogens with one attached hydrogen (secondary N) is 1. The second-order valence-electron chi connectivity index (χ2n) is 6.82. The fraction of sp³-hybridized carbons (Fsp3) is 0.238. The monoisotopic (exact) mass is 381 g/mol. The quantitative estimate of drug-likeness (QED) is 0.742. The number of para-hydroxylation sites is 1. The summed E-state index contributed by atoms with van der Waals surface area (Å²) in [4.78, 5) is 13.6. The highest BCUT2D eigenvalue weighted by molar-refractivity contribution is 5.68. The lowest BCUT2D eigenvalue weighted by Crippen LogP contribution is -2.45. The molecule has 0 atom stereocenters. The third-order valence-electron chi connectivity index (χ3n) is 4.79. The molecule has 1 aromatic heterocycles. The Bertz CT molecular complexity index is 936. The van der Waals surface area contributed by atoms with Gasteiger partial charge in [0, 0.05) is 37.8 Å². The average Bonchev–Trinajstić information content (AvgIpc) is 2.72. The number of piperazine rings is 1. The van der Waals surface area contributed by atoms with Gasteiger partial charge in [-0.05, 0) is 19.2 Å². The maximum absolute atomic E-state index is 14.1. The van der Waals surface area contributed by atoms with Crippen LogP contribution >= 0.6 is 0 Å². The Hall–Kier alpha value is -3.06. The lowest BCUT2D eigenvalue weighted by atomic mass is 10.1. The molecule has 0 bridgehead atoms. The van der Waals surface area contributed by atoms with Crippen molar-refractivity contribution >= 4 is 17.5 Å². The molecule has 144 valence electrons. The molecule has 1 saturated heterocycles. The summed E-state index contributed by atoms with van der Waals surface area (Å²) in [5.41, 5.74) is 1.39. The number of hydrogen-bond acceptors (Lipinski definition) is 5. The number of anilines is 3. The van der Waals surface area contributed by atoms with Gasteiger partial charge in [-0.25, -0.2) is 13.8 Å². The molecule has 0 radical (unpaired) electrons. The van der Waals surface area contributed by atoms with Crippen molar-refractivity contribution in [2.75, 3.05) is 43.4 Å². The van der Waals surface area contributed by atoms with Crippen LogP contribution in [0.25, 0.3) is 11.3 Å². The maximum Gasteiger partial charge on any atom is 0.227 e. The molecule has 3 aromatic rings. The molecule has 1 aliphatic heterocycles. The van der Waals surface area contributed by atoms with Gasteiger partial charge in [0.25, 0.3) is 0 Å². The Morgan fingerprint density at radius 1 is 0.857 bits per heavy atom. The van der Waals surface area contributed by atoms with Gasteiger partial charge in [0.05, 0.1) is 5.69 Å². The average molecular weight is 381 g/mol. The smallest absolute Gasteiger partial charge is 0.227 e. The first-order chi connectivity index (χ1) is 13.6. The van der Waals surface area contributed by atoms with Crippen LogP contribution in [0.2, 0.25) is 0 Å². The van der Waals surface area contributed by atoms with Crippen LogP contribution in [-0.2, 0) is 0 Å². The largest absolute Gasteiger partial charge is 0.338 e. The van der Waals surface area contributed by atoms with Crippen LogP contribution in [-0.4, -0.2) is 48.1 Å². The van der Waals surface area contributed by atoms with Crippen molar-refractivity contribution in [3.8, 4) is 11.3 Å². The number of benzene rings is 2. The van der Waals surface area contributed by atoms with Gasteiger partial charge in [-0.2, -0.15) is 4.98 Å². The molecule has 0 aliphatic carbocycles. The van der Waals surface area contributed by atoms with Crippen LogP contribution in [0.3, 0.4) is 0 Å². The third-order valence-corrected chi connectivity index (χ3v) is 4.79. The number of hydrogen-bond donors (Lipinski definition) is 1. The van der Waals surface area contributed by atoms with Crippen molar-refractivity contribution in [2.24, 2.45) is 0 Å². The number of likely N-dealkylation sites (N-methyl/N-ethyl adjacent to an activating group) is 1. The van der Waals surface area contributed by atoms with Gasteiger partial charge in [-0.3, -0.25) is 0 Å². The van der Waals surface area contributed by atoms with E-state index in [1.807, 2.05) is 30.3 Å². The topological polar surface area (TPSA) is 44.3 Å². The van der Waals surface area contributed by atoms with Gasteiger partial charge in [0.2, 0.25) is 5.95 Å². The van der Waals surface area contributed by atoms with Crippen molar-refractivity contribution in [3.63, 3.8) is 0 Å². The van der Waals surface area contributed by atoms with Crippen molar-refractivity contribution in [1.29, 1.82) is 0 Å². The van der Waals surface area contributed by atoms with E-state index in [4.69, 9.17) is 4.98 Å². The molecule has 0 saturated carbocycles. The molecule has 2 heterocycles. The molecule has 0 spiro atoms. The molecule has 1 fully saturated rings. The highest BCUT2D eigenvalue weighted by Gasteiger charge is 2.19. The molecule has 0 unspecified atom stereocenters. The van der Waals surface area contributed by atoms with Gasteiger partial charge in [-0.15, -0.1) is 0 Å². The molecule has 5 nitrogen and oxygen atoms in total. The van der Waals surface area contributed by atoms with Crippen LogP contribution < -0.4 is 10.2 Å². The molecule has 4 rings (SSSR count). The number of rotatable bonds is 4. The van der Waals surface area contributed by atoms with Crippen LogP contribution in [0.15, 0.2) is 54.6 Å². The van der Waals surface area contributed by atoms with E-state index in [-0.39, 0.29) is 5.69 Å². The summed E-state index contributed by atoms with van der Waals surface area (Å²) >= 11 is 0. The molecular formula is C21H21F2N5. The zero-order chi connectivity index (χ0) is 19.5. The van der Waals surface area contributed by atoms with Crippen LogP contribution in [0.1, 0.15) is 0 Å². The Morgan fingerprint density at radius 3 is 2.21 bits per heavy atom. The summed E-state index contributed by atoms with van der Waals surface area (Å²) in [6.07, 6.45) is 0. The molecule has 7 heteroatoms. The van der Waals surface area contributed by atoms with Crippen LogP contribution in [0.4, 0.5) is 26.2 Å². The second-order valence-corrected chi connectivity index (χ2v) is 6.82. The molecule has 28 heavy (non-hydrogen) atoms. The van der Waals surface area contributed by atoms with Crippen molar-refractivity contribution in [1.82, 2.24) is 14.9 Å². The zero-order valence-corrected chi connectivity index (χ0v) is 15.6. The summed E-state index contributed by atoms with van der Waals surface area (Å²) in [5.74, 6) is -0.428. The van der Waals surface area contributed by atoms with E-state index in [1.165, 1.54) is 18.2 Å². The van der Waals surface area contributed by atoms with Crippen molar-refractivity contribution < 1.29 is 8.78 Å². The minimum absolute atomic E-state index is 0.218. The summed E-state index contributed by atoms with van der Waals surface area (Å²) in [7, 11) is 2.08. The highest BCUT2D eigenvalue weighted by Crippen LogP contribution is 2.27. The van der Waals surface area contributed by atoms with E-state index in [0.29, 0.717) is 17.5 Å². The van der Waals surface area contributed by atoms with E-state index >= 15 is 0 Å². The molecule has 1 N–H and O–H groups in total. The number of halogens is 2. The minimum Gasteiger partial charge on any atom is -0.338 e. The first-order valence-electron chi connectivity index (χ1n) is 9.19. The zero-order valence-electron chi connectivity index (χ0n) is 15.6. The molecular weight excluding hydrogens is 360 g/mol. The summed E-state index contributed by atoms with van der Waals surface area (Å²) in [6, 6.07) is 15.2. The summed E-state index contributed by atoms with van der Waals surface area (Å²) < 4.78 is 28.2. The first kappa shape index (κ1) is 18.3. The van der Waals surface area contributed by atoms with Gasteiger partial charge in [0.15, 0.2) is 0 Å². The number of aromatic nitrogens is 2. The third kappa shape index (κ3) is 3.94. The Labute approximate surface area is 162 Å². The van der Waals surface area contributed by atoms with E-state index in [1.54, 1.807) is 6.07 Å². The Kier molecular flexibility index (Phi) is 5.16. The number of nitrogens with zero attached hydrogens (tertiary/aromatic N) is 4. The van der Waals surface area contributed by atoms with Crippen molar-refractivity contribution in [3.05, 3.63) is 66.2 Å². The lowest BCUT2D eigenvalue weighted by Gasteiger charge is -2.32. The van der Waals surface area contributed by atoms with E-state index < -0.39 is 11.6 Å². The highest BCUT2D eigenvalue weighted by atomic mass is 19.1. The van der Waals surface area contributed by atoms with Crippen molar-refractivity contribution in [2.45, 2.75) is 0 Å². The van der Waals surface area contributed by atoms with E-state index in [2.05, 4.69) is 27.1 Å². The fourth-order valence-electron chi connectivity index (χ4n) is 3.15. The normalized spacial score (nSPS) is 14.9. The predicted octanol–water partition coefficient (Wildman–Crippen LogP) is 3.92. The molecule has 1 aliphatic rings. The predicted molar refractivity (Wildman–Crippen MR) is 107 cm³/mol. The summed E-state index contributed by atoms with van der Waals surface area (Å²) in [6.45, 7) is 3.40. The van der Waals surface area contributed by atoms with Crippen LogP contribution in [0, 0.1) is 11.6 Å². The Balaban J connectivity index is 1.74. The molecule has 0 amide bonds. The lowest BCUT2D eigenvalue weighted by molar-refractivity contribution is 0.311. The van der Waals surface area contributed by atoms with Crippen LogP contribution in [0.5, 0.6) is 0 Å². The van der Waals surface area contributed by atoms with Gasteiger partial charge in [0.1, 0.15) is 23.1 Å². The summed E-state index contributed by atoms with van der Waals surface area (Å²) in [5, 5.41) is 2.80. The van der Waals surface area contributed by atoms with E-state index in [9.17, 15) is 8.78 Å². The molecule has 2 aromatic carbocycles. The van der Waals surface area contributed by atoms with Gasteiger partial charge < -0.3 is 15.1 Å². The van der Waals surface area contributed by atoms with E-state index in [0.717, 1.165) is 31.7 Å². The van der Waals surface area contributed by atoms with Gasteiger partial charge >= 0.3 is 0 Å². The minimum atomic E-state index is -0.666. The first-order valence-corrected chi connectivity index (χ1v) is 9.19. The fourth-order valence-corrected chi connectivity index (χ4v) is 3.15. The maximum atomic E-state index is 14.1.